The number of rotatable bonds is 6. The predicted octanol–water partition coefficient (Wildman–Crippen LogP) is 4.01. The second-order valence-electron chi connectivity index (χ2n) is 6.43. The molecule has 0 aliphatic rings. The smallest absolute Gasteiger partial charge is 0.287 e. The van der Waals surface area contributed by atoms with E-state index in [0.29, 0.717) is 29.8 Å². The zero-order valence-corrected chi connectivity index (χ0v) is 15.1. The Morgan fingerprint density at radius 1 is 1.15 bits per heavy atom. The zero-order chi connectivity index (χ0) is 19.4. The fourth-order valence-electron chi connectivity index (χ4n) is 2.92. The summed E-state index contributed by atoms with van der Waals surface area (Å²) in [4.78, 5) is 28.9. The first-order chi connectivity index (χ1) is 13.0. The maximum absolute atomic E-state index is 13.2. The van der Waals surface area contributed by atoms with Gasteiger partial charge >= 0.3 is 0 Å². The topological polar surface area (TPSA) is 64.0 Å². The van der Waals surface area contributed by atoms with E-state index in [1.54, 1.807) is 16.7 Å². The first-order valence-corrected chi connectivity index (χ1v) is 8.66. The molecule has 3 aromatic rings. The number of amides is 1. The van der Waals surface area contributed by atoms with Gasteiger partial charge in [-0.2, -0.15) is 0 Å². The second-order valence-corrected chi connectivity index (χ2v) is 6.43. The lowest BCUT2D eigenvalue weighted by Crippen LogP contribution is -2.27. The van der Waals surface area contributed by atoms with Crippen LogP contribution in [0.4, 0.5) is 4.39 Å². The van der Waals surface area contributed by atoms with E-state index in [-0.39, 0.29) is 23.6 Å². The van der Waals surface area contributed by atoms with Crippen molar-refractivity contribution in [2.24, 2.45) is 0 Å². The number of hydrogen-bond acceptors (Lipinski definition) is 3. The highest BCUT2D eigenvalue weighted by atomic mass is 19.1. The molecular weight excluding hydrogens is 345 g/mol. The normalized spacial score (nSPS) is 10.8. The number of halogens is 1. The maximum Gasteiger partial charge on any atom is 0.287 e. The zero-order valence-electron chi connectivity index (χ0n) is 15.1. The lowest BCUT2D eigenvalue weighted by Gasteiger charge is -2.13. The quantitative estimate of drug-likeness (QED) is 0.671. The molecule has 0 bridgehead atoms. The van der Waals surface area contributed by atoms with E-state index >= 15 is 0 Å². The van der Waals surface area contributed by atoms with Crippen molar-refractivity contribution in [1.29, 1.82) is 0 Å². The van der Waals surface area contributed by atoms with Crippen LogP contribution in [0.5, 0.6) is 0 Å². The van der Waals surface area contributed by atoms with Gasteiger partial charge in [-0.3, -0.25) is 9.59 Å². The molecule has 2 aromatic carbocycles. The molecule has 0 unspecified atom stereocenters. The van der Waals surface area contributed by atoms with Crippen molar-refractivity contribution in [3.8, 4) is 11.3 Å². The van der Waals surface area contributed by atoms with Gasteiger partial charge in [0.05, 0.1) is 5.69 Å². The molecule has 138 valence electrons. The molecule has 1 N–H and O–H groups in total. The molecule has 0 saturated carbocycles. The van der Waals surface area contributed by atoms with Gasteiger partial charge in [0.1, 0.15) is 11.5 Å². The number of carbonyl (C=O) groups is 2. The predicted molar refractivity (Wildman–Crippen MR) is 101 cm³/mol. The van der Waals surface area contributed by atoms with Crippen LogP contribution < -0.4 is 5.32 Å². The standard InChI is InChI=1S/C21H20FN3O2/c1-14(2)25-18(13-26)19(16-8-10-17(22)11-9-16)24-20(25)21(27)23-12-15-6-4-3-5-7-15/h3-11,13-14H,12H2,1-2H3,(H,23,27). The third-order valence-electron chi connectivity index (χ3n) is 4.19. The van der Waals surface area contributed by atoms with Gasteiger partial charge in [-0.15, -0.1) is 0 Å². The van der Waals surface area contributed by atoms with Crippen LogP contribution in [0.15, 0.2) is 54.6 Å². The fourth-order valence-corrected chi connectivity index (χ4v) is 2.92. The van der Waals surface area contributed by atoms with Gasteiger partial charge in [0, 0.05) is 18.2 Å². The minimum absolute atomic E-state index is 0.149. The van der Waals surface area contributed by atoms with Crippen molar-refractivity contribution in [3.63, 3.8) is 0 Å². The summed E-state index contributed by atoms with van der Waals surface area (Å²) in [6.45, 7) is 4.10. The van der Waals surface area contributed by atoms with Gasteiger partial charge in [-0.05, 0) is 43.7 Å². The molecule has 0 aliphatic heterocycles. The number of aromatic nitrogens is 2. The molecule has 3 rings (SSSR count). The van der Waals surface area contributed by atoms with Gasteiger partial charge in [0.2, 0.25) is 0 Å². The van der Waals surface area contributed by atoms with Crippen molar-refractivity contribution in [2.75, 3.05) is 0 Å². The lowest BCUT2D eigenvalue weighted by atomic mass is 10.1. The van der Waals surface area contributed by atoms with Crippen LogP contribution in [-0.4, -0.2) is 21.7 Å². The van der Waals surface area contributed by atoms with Crippen LogP contribution in [0.25, 0.3) is 11.3 Å². The average Bonchev–Trinajstić information content (AvgIpc) is 3.07. The minimum atomic E-state index is -0.379. The summed E-state index contributed by atoms with van der Waals surface area (Å²) in [5.74, 6) is -0.595. The van der Waals surface area contributed by atoms with Crippen molar-refractivity contribution in [3.05, 3.63) is 77.5 Å². The third-order valence-corrected chi connectivity index (χ3v) is 4.19. The van der Waals surface area contributed by atoms with Crippen molar-refractivity contribution in [2.45, 2.75) is 26.4 Å². The number of hydrogen-bond donors (Lipinski definition) is 1. The minimum Gasteiger partial charge on any atom is -0.345 e. The number of carbonyl (C=O) groups excluding carboxylic acids is 2. The highest BCUT2D eigenvalue weighted by Crippen LogP contribution is 2.26. The average molecular weight is 365 g/mol. The Kier molecular flexibility index (Phi) is 5.45. The van der Waals surface area contributed by atoms with E-state index < -0.39 is 0 Å². The molecule has 6 heteroatoms. The van der Waals surface area contributed by atoms with Crippen molar-refractivity contribution < 1.29 is 14.0 Å². The fraction of sp³-hybridized carbons (Fsp3) is 0.190. The highest BCUT2D eigenvalue weighted by molar-refractivity contribution is 5.95. The summed E-state index contributed by atoms with van der Waals surface area (Å²) in [5.41, 5.74) is 2.20. The summed E-state index contributed by atoms with van der Waals surface area (Å²) in [5, 5.41) is 2.84. The molecule has 0 fully saturated rings. The van der Waals surface area contributed by atoms with Crippen molar-refractivity contribution in [1.82, 2.24) is 14.9 Å². The van der Waals surface area contributed by atoms with Crippen LogP contribution in [0.3, 0.4) is 0 Å². The Balaban J connectivity index is 1.97. The molecule has 1 amide bonds. The maximum atomic E-state index is 13.2. The summed E-state index contributed by atoms with van der Waals surface area (Å²) >= 11 is 0. The molecule has 0 atom stereocenters. The molecule has 0 spiro atoms. The van der Waals surface area contributed by atoms with Crippen LogP contribution in [-0.2, 0) is 6.54 Å². The van der Waals surface area contributed by atoms with E-state index in [2.05, 4.69) is 10.3 Å². The monoisotopic (exact) mass is 365 g/mol. The van der Waals surface area contributed by atoms with Gasteiger partial charge in [0.15, 0.2) is 12.1 Å². The molecule has 1 aromatic heterocycles. The Morgan fingerprint density at radius 2 is 1.81 bits per heavy atom. The Morgan fingerprint density at radius 3 is 2.41 bits per heavy atom. The van der Waals surface area contributed by atoms with E-state index in [4.69, 9.17) is 0 Å². The molecule has 0 aliphatic carbocycles. The summed E-state index contributed by atoms with van der Waals surface area (Å²) < 4.78 is 14.8. The van der Waals surface area contributed by atoms with Gasteiger partial charge in [-0.1, -0.05) is 30.3 Å². The summed E-state index contributed by atoms with van der Waals surface area (Å²) in [6, 6.07) is 15.1. The number of imidazole rings is 1. The number of nitrogens with one attached hydrogen (secondary N) is 1. The number of benzene rings is 2. The van der Waals surface area contributed by atoms with Gasteiger partial charge in [-0.25, -0.2) is 9.37 Å². The molecule has 27 heavy (non-hydrogen) atoms. The van der Waals surface area contributed by atoms with Crippen LogP contribution in [0, 0.1) is 5.82 Å². The molecular formula is C21H20FN3O2. The first-order valence-electron chi connectivity index (χ1n) is 8.66. The molecule has 0 radical (unpaired) electrons. The first kappa shape index (κ1) is 18.5. The molecule has 0 saturated heterocycles. The second kappa shape index (κ2) is 7.95. The number of aldehydes is 1. The van der Waals surface area contributed by atoms with E-state index in [9.17, 15) is 14.0 Å². The van der Waals surface area contributed by atoms with E-state index in [1.165, 1.54) is 12.1 Å². The van der Waals surface area contributed by atoms with E-state index in [0.717, 1.165) is 5.56 Å². The van der Waals surface area contributed by atoms with Gasteiger partial charge in [0.25, 0.3) is 5.91 Å². The Hall–Kier alpha value is -3.28. The van der Waals surface area contributed by atoms with Crippen LogP contribution >= 0.6 is 0 Å². The van der Waals surface area contributed by atoms with Gasteiger partial charge < -0.3 is 9.88 Å². The third kappa shape index (κ3) is 3.95. The lowest BCUT2D eigenvalue weighted by molar-refractivity contribution is 0.0934. The van der Waals surface area contributed by atoms with E-state index in [1.807, 2.05) is 44.2 Å². The number of nitrogens with zero attached hydrogens (tertiary/aromatic N) is 2. The summed E-state index contributed by atoms with van der Waals surface area (Å²) in [7, 11) is 0. The van der Waals surface area contributed by atoms with Crippen LogP contribution in [0.1, 0.15) is 46.6 Å². The Labute approximate surface area is 156 Å². The molecule has 5 nitrogen and oxygen atoms in total. The Bertz CT molecular complexity index is 948. The summed E-state index contributed by atoms with van der Waals surface area (Å²) in [6.07, 6.45) is 0.680. The SMILES string of the molecule is CC(C)n1c(C(=O)NCc2ccccc2)nc(-c2ccc(F)cc2)c1C=O. The van der Waals surface area contributed by atoms with Crippen LogP contribution in [0.2, 0.25) is 0 Å². The molecule has 1 heterocycles. The largest absolute Gasteiger partial charge is 0.345 e. The highest BCUT2D eigenvalue weighted by Gasteiger charge is 2.24. The van der Waals surface area contributed by atoms with Crippen molar-refractivity contribution >= 4 is 12.2 Å².